The van der Waals surface area contributed by atoms with Gasteiger partial charge in [-0.15, -0.1) is 12.4 Å². The van der Waals surface area contributed by atoms with Gasteiger partial charge in [-0.1, -0.05) is 18.2 Å². The number of carbonyl (C=O) groups is 3. The monoisotopic (exact) mass is 450 g/mol. The molecule has 4 rings (SSSR count). The summed E-state index contributed by atoms with van der Waals surface area (Å²) in [4.78, 5) is 44.1. The summed E-state index contributed by atoms with van der Waals surface area (Å²) in [6, 6.07) is 6.26. The van der Waals surface area contributed by atoms with Gasteiger partial charge in [-0.3, -0.25) is 14.4 Å². The van der Waals surface area contributed by atoms with Crippen molar-refractivity contribution in [3.05, 3.63) is 59.5 Å². The van der Waals surface area contributed by atoms with Gasteiger partial charge in [0, 0.05) is 22.4 Å². The number of nitrogens with two attached hydrogens (primary N) is 1. The highest BCUT2D eigenvalue weighted by atomic mass is 35.5. The van der Waals surface area contributed by atoms with Crippen molar-refractivity contribution in [2.75, 3.05) is 18.8 Å². The van der Waals surface area contributed by atoms with Crippen molar-refractivity contribution < 1.29 is 22.9 Å². The van der Waals surface area contributed by atoms with Gasteiger partial charge < -0.3 is 21.3 Å². The van der Waals surface area contributed by atoms with E-state index in [1.807, 2.05) is 0 Å². The van der Waals surface area contributed by atoms with Gasteiger partial charge in [0.1, 0.15) is 17.7 Å². The van der Waals surface area contributed by atoms with E-state index in [2.05, 4.69) is 15.6 Å². The molecule has 1 aromatic heterocycles. The van der Waals surface area contributed by atoms with Gasteiger partial charge in [0.15, 0.2) is 0 Å². The van der Waals surface area contributed by atoms with Crippen LogP contribution >= 0.6 is 12.4 Å². The van der Waals surface area contributed by atoms with Crippen LogP contribution in [0.5, 0.6) is 0 Å². The van der Waals surface area contributed by atoms with Gasteiger partial charge in [-0.25, -0.2) is 9.37 Å². The number of likely N-dealkylation sites (N-methyl/N-ethyl adjacent to an activating group) is 1. The molecule has 4 N–H and O–H groups in total. The van der Waals surface area contributed by atoms with Crippen molar-refractivity contribution in [3.8, 4) is 0 Å². The van der Waals surface area contributed by atoms with Crippen LogP contribution in [0.15, 0.2) is 42.6 Å². The molecule has 2 aromatic rings. The third-order valence-corrected chi connectivity index (χ3v) is 5.79. The predicted molar refractivity (Wildman–Crippen MR) is 114 cm³/mol. The standard InChI is InChI=1S/C21H22FN5O3.ClH/c1-24-15(9-12-4-6-13(22)7-5-12)19(29)27-11-21(10-16(27)17(23)28)14-3-2-8-25-18(14)26-20(21)30;/h2-8,15-16,24H,9-11H2,1H3,(H2,23,28)(H,25,26,30);1H/t15-,16?,21?;/m0./s1/i1D3;. The number of amides is 3. The maximum absolute atomic E-state index is 13.6. The van der Waals surface area contributed by atoms with Crippen molar-refractivity contribution >= 4 is 35.9 Å². The van der Waals surface area contributed by atoms with Crippen LogP contribution in [0.1, 0.15) is 21.7 Å². The molecule has 1 aromatic carbocycles. The summed E-state index contributed by atoms with van der Waals surface area (Å²) in [5.41, 5.74) is 5.43. The molecule has 3 amide bonds. The fourth-order valence-electron chi connectivity index (χ4n) is 4.25. The van der Waals surface area contributed by atoms with Crippen LogP contribution in [0, 0.1) is 5.82 Å². The average molecular weight is 451 g/mol. The molecule has 0 aliphatic carbocycles. The van der Waals surface area contributed by atoms with E-state index in [1.165, 1.54) is 30.5 Å². The van der Waals surface area contributed by atoms with E-state index >= 15 is 0 Å². The number of halogens is 2. The number of fused-ring (bicyclic) bond motifs is 2. The first-order chi connectivity index (χ1) is 15.5. The molecule has 1 spiro atoms. The molecule has 3 heterocycles. The molecular weight excluding hydrogens is 425 g/mol. The number of rotatable bonds is 5. The van der Waals surface area contributed by atoms with Gasteiger partial charge in [0.05, 0.1) is 11.5 Å². The summed E-state index contributed by atoms with van der Waals surface area (Å²) in [5, 5.41) is 5.00. The highest BCUT2D eigenvalue weighted by molar-refractivity contribution is 6.07. The first-order valence-corrected chi connectivity index (χ1v) is 9.39. The first-order valence-electron chi connectivity index (χ1n) is 10.9. The zero-order chi connectivity index (χ0) is 24.0. The number of aromatic nitrogens is 1. The Morgan fingerprint density at radius 3 is 2.84 bits per heavy atom. The molecule has 1 saturated heterocycles. The van der Waals surface area contributed by atoms with E-state index in [9.17, 15) is 18.8 Å². The minimum Gasteiger partial charge on any atom is -0.368 e. The molecule has 0 saturated carbocycles. The number of anilines is 1. The van der Waals surface area contributed by atoms with Crippen molar-refractivity contribution in [3.63, 3.8) is 0 Å². The lowest BCUT2D eigenvalue weighted by atomic mass is 9.80. The highest BCUT2D eigenvalue weighted by Gasteiger charge is 2.57. The quantitative estimate of drug-likeness (QED) is 0.621. The van der Waals surface area contributed by atoms with Crippen LogP contribution in [0.3, 0.4) is 0 Å². The SMILES string of the molecule is Cl.[2H]C([2H])([2H])N[C@@H](Cc1ccc(F)cc1)C(=O)N1CC2(CC1C(N)=O)C(=O)Nc1ncccc12. The largest absolute Gasteiger partial charge is 0.368 e. The number of hydrogen-bond donors (Lipinski definition) is 3. The molecule has 10 heteroatoms. The molecule has 2 unspecified atom stereocenters. The molecular formula is C21H23ClFN5O3. The Morgan fingerprint density at radius 2 is 2.16 bits per heavy atom. The van der Waals surface area contributed by atoms with E-state index < -0.39 is 48.0 Å². The number of nitrogens with zero attached hydrogens (tertiary/aromatic N) is 2. The van der Waals surface area contributed by atoms with E-state index in [0.717, 1.165) is 4.90 Å². The molecule has 31 heavy (non-hydrogen) atoms. The fourth-order valence-corrected chi connectivity index (χ4v) is 4.25. The zero-order valence-corrected chi connectivity index (χ0v) is 17.1. The number of likely N-dealkylation sites (tertiary alicyclic amines) is 1. The molecule has 0 bridgehead atoms. The molecule has 3 atom stereocenters. The predicted octanol–water partition coefficient (Wildman–Crippen LogP) is 0.749. The lowest BCUT2D eigenvalue weighted by molar-refractivity contribution is -0.139. The smallest absolute Gasteiger partial charge is 0.240 e. The summed E-state index contributed by atoms with van der Waals surface area (Å²) in [6.07, 6.45) is 1.40. The van der Waals surface area contributed by atoms with E-state index in [4.69, 9.17) is 9.85 Å². The van der Waals surface area contributed by atoms with E-state index in [1.54, 1.807) is 12.1 Å². The second-order valence-corrected chi connectivity index (χ2v) is 7.55. The number of hydrogen-bond acceptors (Lipinski definition) is 5. The minimum atomic E-state index is -2.67. The molecule has 1 fully saturated rings. The molecule has 2 aliphatic rings. The first kappa shape index (κ1) is 18.7. The Kier molecular flexibility index (Phi) is 5.19. The van der Waals surface area contributed by atoms with Gasteiger partial charge in [0.25, 0.3) is 0 Å². The third kappa shape index (κ3) is 3.86. The van der Waals surface area contributed by atoms with Gasteiger partial charge in [-0.2, -0.15) is 0 Å². The van der Waals surface area contributed by atoms with Crippen LogP contribution in [-0.4, -0.2) is 53.2 Å². The maximum atomic E-state index is 13.6. The number of carbonyl (C=O) groups excluding carboxylic acids is 3. The number of nitrogens with one attached hydrogen (secondary N) is 2. The number of pyridine rings is 1. The molecule has 8 nitrogen and oxygen atoms in total. The second kappa shape index (κ2) is 8.60. The molecule has 0 radical (unpaired) electrons. The second-order valence-electron chi connectivity index (χ2n) is 7.55. The summed E-state index contributed by atoms with van der Waals surface area (Å²) < 4.78 is 36.0. The Labute approximate surface area is 189 Å². The highest BCUT2D eigenvalue weighted by Crippen LogP contribution is 2.45. The lowest BCUT2D eigenvalue weighted by Gasteiger charge is -2.28. The topological polar surface area (TPSA) is 117 Å². The minimum absolute atomic E-state index is 0. The van der Waals surface area contributed by atoms with Crippen molar-refractivity contribution in [2.45, 2.75) is 30.3 Å². The van der Waals surface area contributed by atoms with Crippen LogP contribution in [0.25, 0.3) is 0 Å². The Hall–Kier alpha value is -3.04. The van der Waals surface area contributed by atoms with Crippen molar-refractivity contribution in [1.29, 1.82) is 0 Å². The Bertz CT molecular complexity index is 1120. The van der Waals surface area contributed by atoms with Crippen LogP contribution < -0.4 is 16.4 Å². The van der Waals surface area contributed by atoms with Crippen molar-refractivity contribution in [2.24, 2.45) is 5.73 Å². The van der Waals surface area contributed by atoms with Gasteiger partial charge in [0.2, 0.25) is 17.7 Å². The van der Waals surface area contributed by atoms with Crippen LogP contribution in [0.2, 0.25) is 0 Å². The number of primary amides is 1. The molecule has 2 aliphatic heterocycles. The Balaban J connectivity index is 0.00000324. The summed E-state index contributed by atoms with van der Waals surface area (Å²) in [6.45, 7) is -2.83. The van der Waals surface area contributed by atoms with Crippen LogP contribution in [0.4, 0.5) is 10.2 Å². The van der Waals surface area contributed by atoms with E-state index in [-0.39, 0.29) is 31.8 Å². The van der Waals surface area contributed by atoms with E-state index in [0.29, 0.717) is 16.9 Å². The maximum Gasteiger partial charge on any atom is 0.240 e. The normalized spacial score (nSPS) is 24.4. The van der Waals surface area contributed by atoms with Crippen molar-refractivity contribution in [1.82, 2.24) is 15.2 Å². The number of benzene rings is 1. The fraction of sp³-hybridized carbons (Fsp3) is 0.333. The Morgan fingerprint density at radius 1 is 1.42 bits per heavy atom. The third-order valence-electron chi connectivity index (χ3n) is 5.79. The zero-order valence-electron chi connectivity index (χ0n) is 19.3. The van der Waals surface area contributed by atoms with Gasteiger partial charge in [-0.05, 0) is 43.6 Å². The molecule has 164 valence electrons. The summed E-state index contributed by atoms with van der Waals surface area (Å²) >= 11 is 0. The van der Waals surface area contributed by atoms with Crippen LogP contribution in [-0.2, 0) is 26.2 Å². The average Bonchev–Trinajstić information content (AvgIpc) is 3.27. The lowest BCUT2D eigenvalue weighted by Crippen LogP contribution is -2.52. The summed E-state index contributed by atoms with van der Waals surface area (Å²) in [5.74, 6) is -2.03. The van der Waals surface area contributed by atoms with Gasteiger partial charge >= 0.3 is 0 Å². The summed E-state index contributed by atoms with van der Waals surface area (Å²) in [7, 11) is 0.